The fourth-order valence-corrected chi connectivity index (χ4v) is 3.28. The standard InChI is InChI=1S/C15H15F3N2O3/c16-15(17,18)11-2-1-9(8-19-11)12(21)20-5-3-14(4-6-20)7-10(14)13(22)23/h1-2,8,10H,3-7H2,(H,22,23). The average Bonchev–Trinajstić information content (AvgIpc) is 3.21. The number of carboxylic acid groups (broad SMARTS) is 1. The van der Waals surface area contributed by atoms with E-state index in [1.54, 1.807) is 4.90 Å². The molecule has 1 aromatic heterocycles. The number of likely N-dealkylation sites (tertiary alicyclic amines) is 1. The predicted octanol–water partition coefficient (Wildman–Crippen LogP) is 2.43. The highest BCUT2D eigenvalue weighted by atomic mass is 19.4. The van der Waals surface area contributed by atoms with E-state index in [1.165, 1.54) is 0 Å². The van der Waals surface area contributed by atoms with Gasteiger partial charge >= 0.3 is 12.1 Å². The van der Waals surface area contributed by atoms with Crippen LogP contribution in [0.25, 0.3) is 0 Å². The van der Waals surface area contributed by atoms with Crippen molar-refractivity contribution in [2.45, 2.75) is 25.4 Å². The molecule has 1 amide bonds. The summed E-state index contributed by atoms with van der Waals surface area (Å²) in [6, 6.07) is 1.92. The Morgan fingerprint density at radius 3 is 2.35 bits per heavy atom. The number of carbonyl (C=O) groups is 2. The maximum atomic E-state index is 12.5. The highest BCUT2D eigenvalue weighted by Crippen LogP contribution is 2.59. The first-order valence-electron chi connectivity index (χ1n) is 7.28. The van der Waals surface area contributed by atoms with Gasteiger partial charge in [0.1, 0.15) is 5.69 Å². The minimum absolute atomic E-state index is 0.111. The lowest BCUT2D eigenvalue weighted by molar-refractivity contribution is -0.141. The van der Waals surface area contributed by atoms with Gasteiger partial charge in [0, 0.05) is 19.3 Å². The van der Waals surface area contributed by atoms with Crippen LogP contribution in [0.15, 0.2) is 18.3 Å². The molecule has 1 spiro atoms. The van der Waals surface area contributed by atoms with Gasteiger partial charge in [-0.15, -0.1) is 0 Å². The van der Waals surface area contributed by atoms with Crippen LogP contribution in [0.4, 0.5) is 13.2 Å². The first kappa shape index (κ1) is 15.8. The first-order valence-corrected chi connectivity index (χ1v) is 7.28. The number of pyridine rings is 1. The average molecular weight is 328 g/mol. The van der Waals surface area contributed by atoms with Crippen molar-refractivity contribution < 1.29 is 27.9 Å². The fraction of sp³-hybridized carbons (Fsp3) is 0.533. The van der Waals surface area contributed by atoms with E-state index in [-0.39, 0.29) is 22.8 Å². The zero-order valence-corrected chi connectivity index (χ0v) is 12.1. The summed E-state index contributed by atoms with van der Waals surface area (Å²) in [6.07, 6.45) is -1.72. The molecule has 1 aliphatic heterocycles. The van der Waals surface area contributed by atoms with Gasteiger partial charge in [0.25, 0.3) is 5.91 Å². The SMILES string of the molecule is O=C(O)C1CC12CCN(C(=O)c1ccc(C(F)(F)F)nc1)CC2. The molecule has 1 unspecified atom stereocenters. The van der Waals surface area contributed by atoms with Crippen molar-refractivity contribution in [3.8, 4) is 0 Å². The Balaban J connectivity index is 1.63. The van der Waals surface area contributed by atoms with E-state index < -0.39 is 17.8 Å². The van der Waals surface area contributed by atoms with Gasteiger partial charge in [-0.25, -0.2) is 0 Å². The number of alkyl halides is 3. The van der Waals surface area contributed by atoms with E-state index in [2.05, 4.69) is 4.98 Å². The quantitative estimate of drug-likeness (QED) is 0.905. The number of carboxylic acids is 1. The van der Waals surface area contributed by atoms with E-state index in [4.69, 9.17) is 5.11 Å². The number of aromatic nitrogens is 1. The van der Waals surface area contributed by atoms with Crippen molar-refractivity contribution in [2.24, 2.45) is 11.3 Å². The minimum Gasteiger partial charge on any atom is -0.481 e. The van der Waals surface area contributed by atoms with Gasteiger partial charge in [0.15, 0.2) is 0 Å². The van der Waals surface area contributed by atoms with Crippen molar-refractivity contribution in [1.82, 2.24) is 9.88 Å². The summed E-state index contributed by atoms with van der Waals surface area (Å²) >= 11 is 0. The summed E-state index contributed by atoms with van der Waals surface area (Å²) in [6.45, 7) is 0.841. The monoisotopic (exact) mass is 328 g/mol. The van der Waals surface area contributed by atoms with Crippen LogP contribution >= 0.6 is 0 Å². The van der Waals surface area contributed by atoms with Crippen molar-refractivity contribution in [3.05, 3.63) is 29.6 Å². The zero-order chi connectivity index (χ0) is 16.8. The molecule has 124 valence electrons. The molecule has 1 N–H and O–H groups in total. The zero-order valence-electron chi connectivity index (χ0n) is 12.1. The molecule has 0 aromatic carbocycles. The number of hydrogen-bond donors (Lipinski definition) is 1. The van der Waals surface area contributed by atoms with Gasteiger partial charge in [-0.1, -0.05) is 0 Å². The summed E-state index contributed by atoms with van der Waals surface area (Å²) in [5, 5.41) is 9.03. The van der Waals surface area contributed by atoms with Crippen LogP contribution in [0.2, 0.25) is 0 Å². The number of halogens is 3. The number of rotatable bonds is 2. The molecule has 2 fully saturated rings. The maximum Gasteiger partial charge on any atom is 0.433 e. The van der Waals surface area contributed by atoms with Crippen LogP contribution in [-0.2, 0) is 11.0 Å². The number of piperidine rings is 1. The molecule has 1 saturated heterocycles. The van der Waals surface area contributed by atoms with Gasteiger partial charge in [-0.05, 0) is 36.8 Å². The van der Waals surface area contributed by atoms with Crippen molar-refractivity contribution in [3.63, 3.8) is 0 Å². The van der Waals surface area contributed by atoms with Crippen molar-refractivity contribution in [1.29, 1.82) is 0 Å². The molecule has 23 heavy (non-hydrogen) atoms. The largest absolute Gasteiger partial charge is 0.481 e. The van der Waals surface area contributed by atoms with Crippen LogP contribution in [0.1, 0.15) is 35.3 Å². The molecule has 5 nitrogen and oxygen atoms in total. The first-order chi connectivity index (χ1) is 10.7. The third kappa shape index (κ3) is 2.89. The molecular formula is C15H15F3N2O3. The van der Waals surface area contributed by atoms with E-state index in [0.717, 1.165) is 18.3 Å². The summed E-state index contributed by atoms with van der Waals surface area (Å²) < 4.78 is 37.4. The Kier molecular flexibility index (Phi) is 3.57. The Hall–Kier alpha value is -2.12. The van der Waals surface area contributed by atoms with E-state index in [1.807, 2.05) is 0 Å². The van der Waals surface area contributed by atoms with Gasteiger partial charge in [-0.3, -0.25) is 14.6 Å². The van der Waals surface area contributed by atoms with Crippen molar-refractivity contribution in [2.75, 3.05) is 13.1 Å². The molecule has 2 heterocycles. The van der Waals surface area contributed by atoms with Gasteiger partial charge in [0.05, 0.1) is 11.5 Å². The second-order valence-electron chi connectivity index (χ2n) is 6.18. The third-order valence-corrected chi connectivity index (χ3v) is 4.84. The summed E-state index contributed by atoms with van der Waals surface area (Å²) in [4.78, 5) is 28.1. The number of amides is 1. The van der Waals surface area contributed by atoms with Crippen LogP contribution in [0.3, 0.4) is 0 Å². The van der Waals surface area contributed by atoms with E-state index >= 15 is 0 Å². The molecule has 3 rings (SSSR count). The molecule has 8 heteroatoms. The molecule has 2 aliphatic rings. The molecule has 0 radical (unpaired) electrons. The predicted molar refractivity (Wildman–Crippen MR) is 72.6 cm³/mol. The Bertz CT molecular complexity index is 634. The Morgan fingerprint density at radius 2 is 1.91 bits per heavy atom. The number of aliphatic carboxylic acids is 1. The van der Waals surface area contributed by atoms with Crippen LogP contribution in [0.5, 0.6) is 0 Å². The normalized spacial score (nSPS) is 22.9. The summed E-state index contributed by atoms with van der Waals surface area (Å²) in [7, 11) is 0. The lowest BCUT2D eigenvalue weighted by atomic mass is 9.90. The topological polar surface area (TPSA) is 70.5 Å². The van der Waals surface area contributed by atoms with Crippen LogP contribution in [0, 0.1) is 11.3 Å². The van der Waals surface area contributed by atoms with Crippen LogP contribution in [-0.4, -0.2) is 40.0 Å². The maximum absolute atomic E-state index is 12.5. The Morgan fingerprint density at radius 1 is 1.26 bits per heavy atom. The molecule has 1 atom stereocenters. The fourth-order valence-electron chi connectivity index (χ4n) is 3.28. The third-order valence-electron chi connectivity index (χ3n) is 4.84. The number of hydrogen-bond acceptors (Lipinski definition) is 3. The van der Waals surface area contributed by atoms with E-state index in [9.17, 15) is 22.8 Å². The molecule has 1 saturated carbocycles. The second kappa shape index (κ2) is 5.21. The Labute approximate surface area is 130 Å². The van der Waals surface area contributed by atoms with E-state index in [0.29, 0.717) is 32.4 Å². The van der Waals surface area contributed by atoms with Gasteiger partial charge in [0.2, 0.25) is 0 Å². The molecule has 1 aromatic rings. The van der Waals surface area contributed by atoms with Crippen molar-refractivity contribution >= 4 is 11.9 Å². The smallest absolute Gasteiger partial charge is 0.433 e. The molecule has 1 aliphatic carbocycles. The number of nitrogens with zero attached hydrogens (tertiary/aromatic N) is 2. The minimum atomic E-state index is -4.53. The second-order valence-corrected chi connectivity index (χ2v) is 6.18. The highest BCUT2D eigenvalue weighted by Gasteiger charge is 2.59. The van der Waals surface area contributed by atoms with Gasteiger partial charge in [-0.2, -0.15) is 13.2 Å². The van der Waals surface area contributed by atoms with Crippen LogP contribution < -0.4 is 0 Å². The summed E-state index contributed by atoms with van der Waals surface area (Å²) in [5.41, 5.74) is -1.12. The highest BCUT2D eigenvalue weighted by molar-refractivity contribution is 5.94. The van der Waals surface area contributed by atoms with Gasteiger partial charge < -0.3 is 10.0 Å². The number of carbonyl (C=O) groups excluding carboxylic acids is 1. The lowest BCUT2D eigenvalue weighted by Crippen LogP contribution is -2.40. The molecule has 0 bridgehead atoms. The summed E-state index contributed by atoms with van der Waals surface area (Å²) in [5.74, 6) is -1.49. The molecular weight excluding hydrogens is 313 g/mol. The lowest BCUT2D eigenvalue weighted by Gasteiger charge is -2.32.